The highest BCUT2D eigenvalue weighted by Crippen LogP contribution is 2.32. The normalized spacial score (nSPS) is 13.5. The van der Waals surface area contributed by atoms with Crippen molar-refractivity contribution in [1.29, 1.82) is 0 Å². The van der Waals surface area contributed by atoms with Crippen LogP contribution in [-0.4, -0.2) is 32.6 Å². The van der Waals surface area contributed by atoms with Gasteiger partial charge in [0, 0.05) is 23.8 Å². The summed E-state index contributed by atoms with van der Waals surface area (Å²) >= 11 is 18.7. The Kier molecular flexibility index (Phi) is 6.66. The van der Waals surface area contributed by atoms with Gasteiger partial charge in [0.15, 0.2) is 5.82 Å². The Morgan fingerprint density at radius 1 is 1.12 bits per heavy atom. The lowest BCUT2D eigenvalue weighted by atomic mass is 9.93. The molecule has 1 aliphatic carbocycles. The summed E-state index contributed by atoms with van der Waals surface area (Å²) in [7, 11) is 0. The van der Waals surface area contributed by atoms with Gasteiger partial charge in [-0.1, -0.05) is 34.8 Å². The molecule has 4 rings (SSSR count). The first-order valence-corrected chi connectivity index (χ1v) is 11.0. The van der Waals surface area contributed by atoms with Gasteiger partial charge in [-0.3, -0.25) is 9.59 Å². The highest BCUT2D eigenvalue weighted by Gasteiger charge is 2.25. The van der Waals surface area contributed by atoms with Gasteiger partial charge in [0.2, 0.25) is 0 Å². The van der Waals surface area contributed by atoms with E-state index >= 15 is 0 Å². The minimum Gasteiger partial charge on any atom is -0.349 e. The summed E-state index contributed by atoms with van der Waals surface area (Å²) in [5.74, 6) is -0.664. The summed E-state index contributed by atoms with van der Waals surface area (Å²) < 4.78 is 1.30. The summed E-state index contributed by atoms with van der Waals surface area (Å²) in [6.07, 6.45) is 4.42. The number of benzene rings is 1. The van der Waals surface area contributed by atoms with Crippen LogP contribution in [0, 0.1) is 0 Å². The zero-order valence-electron chi connectivity index (χ0n) is 16.7. The topological polar surface area (TPSA) is 115 Å². The van der Waals surface area contributed by atoms with Gasteiger partial charge in [0.25, 0.3) is 11.8 Å². The molecule has 0 radical (unpaired) electrons. The third-order valence-electron chi connectivity index (χ3n) is 5.12. The Bertz CT molecular complexity index is 1190. The van der Waals surface area contributed by atoms with Crippen LogP contribution in [0.25, 0.3) is 5.82 Å². The van der Waals surface area contributed by atoms with Crippen molar-refractivity contribution < 1.29 is 9.59 Å². The molecule has 0 bridgehead atoms. The molecule has 1 fully saturated rings. The maximum absolute atomic E-state index is 13.2. The molecule has 3 aromatic rings. The van der Waals surface area contributed by atoms with Gasteiger partial charge in [0.1, 0.15) is 5.69 Å². The van der Waals surface area contributed by atoms with E-state index in [4.69, 9.17) is 40.5 Å². The lowest BCUT2D eigenvalue weighted by Gasteiger charge is -2.27. The third kappa shape index (κ3) is 4.59. The monoisotopic (exact) mass is 492 g/mol. The molecule has 0 saturated heterocycles. The first-order valence-electron chi connectivity index (χ1n) is 9.88. The fourth-order valence-corrected chi connectivity index (χ4v) is 4.00. The van der Waals surface area contributed by atoms with E-state index < -0.39 is 5.91 Å². The van der Waals surface area contributed by atoms with Gasteiger partial charge in [0.05, 0.1) is 27.0 Å². The van der Waals surface area contributed by atoms with Crippen LogP contribution in [0.1, 0.15) is 45.8 Å². The smallest absolute Gasteiger partial charge is 0.274 e. The number of nitrogens with two attached hydrogens (primary N) is 1. The van der Waals surface area contributed by atoms with E-state index in [1.807, 2.05) is 0 Å². The van der Waals surface area contributed by atoms with E-state index in [1.54, 1.807) is 12.1 Å². The molecule has 2 aromatic heterocycles. The SMILES string of the molecule is NCc1cc(C(=O)Nc2c(Cl)cc(Cl)cc2C(=O)NC2CCC2)n(-c2ncccc2Cl)n1. The van der Waals surface area contributed by atoms with Crippen LogP contribution in [0.3, 0.4) is 0 Å². The molecule has 1 aliphatic rings. The first-order chi connectivity index (χ1) is 15.4. The van der Waals surface area contributed by atoms with Gasteiger partial charge in [-0.25, -0.2) is 9.67 Å². The lowest BCUT2D eigenvalue weighted by Crippen LogP contribution is -2.39. The number of amides is 2. The van der Waals surface area contributed by atoms with Crippen LogP contribution < -0.4 is 16.4 Å². The van der Waals surface area contributed by atoms with E-state index in [0.29, 0.717) is 10.7 Å². The molecule has 0 aliphatic heterocycles. The van der Waals surface area contributed by atoms with Crippen molar-refractivity contribution in [3.8, 4) is 5.82 Å². The van der Waals surface area contributed by atoms with Crippen LogP contribution in [0.2, 0.25) is 15.1 Å². The quantitative estimate of drug-likeness (QED) is 0.475. The summed E-state index contributed by atoms with van der Waals surface area (Å²) in [4.78, 5) is 30.3. The van der Waals surface area contributed by atoms with Gasteiger partial charge in [-0.2, -0.15) is 5.10 Å². The maximum atomic E-state index is 13.2. The van der Waals surface area contributed by atoms with Crippen molar-refractivity contribution >= 4 is 52.3 Å². The average molecular weight is 494 g/mol. The van der Waals surface area contributed by atoms with Crippen LogP contribution in [-0.2, 0) is 6.54 Å². The van der Waals surface area contributed by atoms with Crippen LogP contribution in [0.15, 0.2) is 36.5 Å². The summed E-state index contributed by atoms with van der Waals surface area (Å²) in [5, 5.41) is 10.7. The molecule has 1 aromatic carbocycles. The Morgan fingerprint density at radius 3 is 2.56 bits per heavy atom. The molecule has 2 heterocycles. The second-order valence-electron chi connectivity index (χ2n) is 7.31. The molecule has 8 nitrogen and oxygen atoms in total. The largest absolute Gasteiger partial charge is 0.349 e. The van der Waals surface area contributed by atoms with Crippen molar-refractivity contribution in [3.63, 3.8) is 0 Å². The van der Waals surface area contributed by atoms with Crippen molar-refractivity contribution in [3.05, 3.63) is 68.5 Å². The van der Waals surface area contributed by atoms with Crippen molar-refractivity contribution in [2.24, 2.45) is 5.73 Å². The van der Waals surface area contributed by atoms with E-state index in [1.165, 1.54) is 29.1 Å². The third-order valence-corrected chi connectivity index (χ3v) is 5.93. The molecular formula is C21H19Cl3N6O2. The number of nitrogens with zero attached hydrogens (tertiary/aromatic N) is 3. The van der Waals surface area contributed by atoms with Gasteiger partial charge < -0.3 is 16.4 Å². The minimum atomic E-state index is -0.569. The second-order valence-corrected chi connectivity index (χ2v) is 8.56. The van der Waals surface area contributed by atoms with E-state index in [-0.39, 0.29) is 51.3 Å². The van der Waals surface area contributed by atoms with Crippen LogP contribution >= 0.6 is 34.8 Å². The predicted molar refractivity (Wildman–Crippen MR) is 124 cm³/mol. The summed E-state index contributed by atoms with van der Waals surface area (Å²) in [6.45, 7) is 0.106. The molecule has 32 heavy (non-hydrogen) atoms. The Morgan fingerprint density at radius 2 is 1.91 bits per heavy atom. The van der Waals surface area contributed by atoms with E-state index in [2.05, 4.69) is 20.7 Å². The molecule has 2 amide bonds. The second kappa shape index (κ2) is 9.46. The number of carbonyl (C=O) groups is 2. The number of aromatic nitrogens is 3. The summed E-state index contributed by atoms with van der Waals surface area (Å²) in [6, 6.07) is 7.85. The summed E-state index contributed by atoms with van der Waals surface area (Å²) in [5.41, 5.74) is 6.62. The Hall–Kier alpha value is -2.65. The molecule has 0 spiro atoms. The van der Waals surface area contributed by atoms with Crippen LogP contribution in [0.5, 0.6) is 0 Å². The first kappa shape index (κ1) is 22.5. The number of hydrogen-bond acceptors (Lipinski definition) is 5. The minimum absolute atomic E-state index is 0.101. The zero-order chi connectivity index (χ0) is 22.8. The Labute approximate surface area is 199 Å². The fourth-order valence-electron chi connectivity index (χ4n) is 3.26. The van der Waals surface area contributed by atoms with Crippen molar-refractivity contribution in [1.82, 2.24) is 20.1 Å². The van der Waals surface area contributed by atoms with E-state index in [0.717, 1.165) is 19.3 Å². The predicted octanol–water partition coefficient (Wildman–Crippen LogP) is 4.22. The highest BCUT2D eigenvalue weighted by atomic mass is 35.5. The van der Waals surface area contributed by atoms with Gasteiger partial charge >= 0.3 is 0 Å². The fraction of sp³-hybridized carbons (Fsp3) is 0.238. The number of pyridine rings is 1. The Balaban J connectivity index is 1.70. The number of anilines is 1. The highest BCUT2D eigenvalue weighted by molar-refractivity contribution is 6.38. The van der Waals surface area contributed by atoms with Crippen molar-refractivity contribution in [2.45, 2.75) is 31.8 Å². The number of halogens is 3. The number of nitrogens with one attached hydrogen (secondary N) is 2. The maximum Gasteiger partial charge on any atom is 0.274 e. The standard InChI is InChI=1S/C21H19Cl3N6O2/c22-11-7-14(20(31)27-12-3-1-4-12)18(16(24)8-11)28-21(32)17-9-13(10-25)29-30(17)19-15(23)5-2-6-26-19/h2,5-9,12H,1,3-4,10,25H2,(H,27,31)(H,28,32). The molecule has 11 heteroatoms. The molecule has 0 unspecified atom stereocenters. The number of hydrogen-bond donors (Lipinski definition) is 3. The number of carbonyl (C=O) groups excluding carboxylic acids is 2. The molecule has 4 N–H and O–H groups in total. The molecule has 0 atom stereocenters. The van der Waals surface area contributed by atoms with Crippen LogP contribution in [0.4, 0.5) is 5.69 Å². The average Bonchev–Trinajstić information content (AvgIpc) is 3.17. The van der Waals surface area contributed by atoms with Gasteiger partial charge in [-0.05, 0) is 49.6 Å². The molecule has 1 saturated carbocycles. The number of rotatable bonds is 6. The van der Waals surface area contributed by atoms with E-state index in [9.17, 15) is 9.59 Å². The van der Waals surface area contributed by atoms with Gasteiger partial charge in [-0.15, -0.1) is 0 Å². The van der Waals surface area contributed by atoms with Crippen molar-refractivity contribution in [2.75, 3.05) is 5.32 Å². The molecule has 166 valence electrons. The molecular weight excluding hydrogens is 475 g/mol. The lowest BCUT2D eigenvalue weighted by molar-refractivity contribution is 0.0918. The zero-order valence-corrected chi connectivity index (χ0v) is 19.0.